The Hall–Kier alpha value is -1.22. The van der Waals surface area contributed by atoms with Crippen molar-refractivity contribution < 1.29 is 14.2 Å². The van der Waals surface area contributed by atoms with Gasteiger partial charge in [-0.25, -0.2) is 0 Å². The van der Waals surface area contributed by atoms with Crippen LogP contribution in [0, 0.1) is 5.92 Å². The van der Waals surface area contributed by atoms with Gasteiger partial charge in [0, 0.05) is 45.1 Å². The third kappa shape index (κ3) is 5.63. The molecule has 1 atom stereocenters. The van der Waals surface area contributed by atoms with Gasteiger partial charge in [-0.2, -0.15) is 0 Å². The summed E-state index contributed by atoms with van der Waals surface area (Å²) in [4.78, 5) is 6.68. The summed E-state index contributed by atoms with van der Waals surface area (Å²) in [6.07, 6.45) is 2.07. The van der Waals surface area contributed by atoms with E-state index >= 15 is 0 Å². The highest BCUT2D eigenvalue weighted by Crippen LogP contribution is 2.41. The summed E-state index contributed by atoms with van der Waals surface area (Å²) in [5.41, 5.74) is 1.06. The van der Waals surface area contributed by atoms with Crippen LogP contribution in [0.5, 0.6) is 11.5 Å². The van der Waals surface area contributed by atoms with Crippen LogP contribution in [0.1, 0.15) is 25.8 Å². The number of hydrogen-bond donors (Lipinski definition) is 1. The van der Waals surface area contributed by atoms with Gasteiger partial charge in [0.1, 0.15) is 12.2 Å². The number of aliphatic imine (C=N–C) groups is 1. The number of halogens is 1. The highest BCUT2D eigenvalue weighted by atomic mass is 127. The van der Waals surface area contributed by atoms with Gasteiger partial charge >= 0.3 is 0 Å². The second kappa shape index (κ2) is 9.82. The molecule has 6 nitrogen and oxygen atoms in total. The number of nitrogens with one attached hydrogen (secondary N) is 1. The predicted octanol–water partition coefficient (Wildman–Crippen LogP) is 2.94. The highest BCUT2D eigenvalue weighted by molar-refractivity contribution is 14.0. The van der Waals surface area contributed by atoms with Gasteiger partial charge in [-0.1, -0.05) is 12.1 Å². The van der Waals surface area contributed by atoms with Crippen LogP contribution in [0.2, 0.25) is 0 Å². The molecule has 2 heterocycles. The van der Waals surface area contributed by atoms with Crippen LogP contribution >= 0.6 is 24.0 Å². The minimum Gasteiger partial charge on any atom is -0.488 e. The number of rotatable bonds is 6. The molecule has 2 aliphatic rings. The first kappa shape index (κ1) is 22.1. The molecule has 3 rings (SSSR count). The van der Waals surface area contributed by atoms with E-state index < -0.39 is 0 Å². The van der Waals surface area contributed by atoms with Crippen molar-refractivity contribution in [3.05, 3.63) is 23.8 Å². The Bertz CT molecular complexity index is 651. The Labute approximate surface area is 179 Å². The Morgan fingerprint density at radius 2 is 2.22 bits per heavy atom. The van der Waals surface area contributed by atoms with Crippen molar-refractivity contribution in [3.63, 3.8) is 0 Å². The second-order valence-electron chi connectivity index (χ2n) is 7.66. The number of likely N-dealkylation sites (tertiary alicyclic amines) is 1. The molecule has 0 spiro atoms. The summed E-state index contributed by atoms with van der Waals surface area (Å²) in [7, 11) is 3.59. The molecule has 0 amide bonds. The van der Waals surface area contributed by atoms with Crippen LogP contribution in [-0.2, 0) is 11.2 Å². The molecule has 7 heteroatoms. The number of ether oxygens (including phenoxy) is 3. The normalized spacial score (nSPS) is 20.7. The molecule has 152 valence electrons. The van der Waals surface area contributed by atoms with Crippen LogP contribution in [0.25, 0.3) is 0 Å². The Morgan fingerprint density at radius 3 is 2.96 bits per heavy atom. The first-order valence-corrected chi connectivity index (χ1v) is 9.40. The van der Waals surface area contributed by atoms with Gasteiger partial charge in [0.25, 0.3) is 0 Å². The smallest absolute Gasteiger partial charge is 0.193 e. The van der Waals surface area contributed by atoms with E-state index in [-0.39, 0.29) is 29.6 Å². The van der Waals surface area contributed by atoms with Crippen molar-refractivity contribution in [2.75, 3.05) is 47.0 Å². The molecular weight excluding hydrogens is 457 g/mol. The van der Waals surface area contributed by atoms with E-state index in [1.54, 1.807) is 7.11 Å². The lowest BCUT2D eigenvalue weighted by Gasteiger charge is -2.22. The van der Waals surface area contributed by atoms with E-state index in [4.69, 9.17) is 14.2 Å². The molecule has 0 saturated carbocycles. The molecule has 0 bridgehead atoms. The highest BCUT2D eigenvalue weighted by Gasteiger charge is 2.32. The summed E-state index contributed by atoms with van der Waals surface area (Å²) >= 11 is 0. The summed E-state index contributed by atoms with van der Waals surface area (Å²) in [6, 6.07) is 6.12. The molecule has 0 aromatic heterocycles. The van der Waals surface area contributed by atoms with E-state index in [2.05, 4.69) is 35.1 Å². The Kier molecular flexibility index (Phi) is 8.03. The largest absolute Gasteiger partial charge is 0.488 e. The van der Waals surface area contributed by atoms with E-state index in [1.807, 2.05) is 19.2 Å². The summed E-state index contributed by atoms with van der Waals surface area (Å²) in [6.45, 7) is 8.30. The fourth-order valence-electron chi connectivity index (χ4n) is 3.75. The van der Waals surface area contributed by atoms with Crippen molar-refractivity contribution >= 4 is 29.9 Å². The van der Waals surface area contributed by atoms with Gasteiger partial charge < -0.3 is 24.4 Å². The molecule has 1 N–H and O–H groups in total. The number of hydrogen-bond acceptors (Lipinski definition) is 4. The van der Waals surface area contributed by atoms with E-state index in [1.165, 1.54) is 5.56 Å². The number of methoxy groups -OCH3 is 1. The zero-order valence-electron chi connectivity index (χ0n) is 16.8. The molecule has 0 radical (unpaired) electrons. The maximum Gasteiger partial charge on any atom is 0.193 e. The number of guanidine groups is 1. The third-order valence-corrected chi connectivity index (χ3v) is 4.90. The molecule has 1 saturated heterocycles. The van der Waals surface area contributed by atoms with Crippen molar-refractivity contribution in [3.8, 4) is 11.5 Å². The molecule has 0 aliphatic carbocycles. The second-order valence-corrected chi connectivity index (χ2v) is 7.66. The molecule has 1 aromatic rings. The van der Waals surface area contributed by atoms with Gasteiger partial charge in [-0.3, -0.25) is 4.99 Å². The first-order chi connectivity index (χ1) is 12.5. The van der Waals surface area contributed by atoms with Crippen LogP contribution in [0.3, 0.4) is 0 Å². The fraction of sp³-hybridized carbons (Fsp3) is 0.650. The van der Waals surface area contributed by atoms with Crippen LogP contribution < -0.4 is 14.8 Å². The molecular formula is C20H32IN3O3. The number of para-hydroxylation sites is 1. The third-order valence-electron chi connectivity index (χ3n) is 4.90. The quantitative estimate of drug-likeness (QED) is 0.288. The topological polar surface area (TPSA) is 55.3 Å². The zero-order valence-corrected chi connectivity index (χ0v) is 19.1. The monoisotopic (exact) mass is 489 g/mol. The molecule has 1 unspecified atom stereocenters. The van der Waals surface area contributed by atoms with Crippen LogP contribution in [0.15, 0.2) is 23.2 Å². The van der Waals surface area contributed by atoms with Gasteiger partial charge in [-0.15, -0.1) is 24.0 Å². The average molecular weight is 489 g/mol. The molecule has 1 aromatic carbocycles. The minimum absolute atomic E-state index is 0. The van der Waals surface area contributed by atoms with Crippen molar-refractivity contribution in [1.29, 1.82) is 0 Å². The fourth-order valence-corrected chi connectivity index (χ4v) is 3.75. The number of nitrogens with zero attached hydrogens (tertiary/aromatic N) is 2. The summed E-state index contributed by atoms with van der Waals surface area (Å²) in [5.74, 6) is 3.24. The lowest BCUT2D eigenvalue weighted by atomic mass is 10.0. The van der Waals surface area contributed by atoms with Crippen LogP contribution in [0.4, 0.5) is 0 Å². The van der Waals surface area contributed by atoms with E-state index in [0.717, 1.165) is 50.0 Å². The Morgan fingerprint density at radius 1 is 1.41 bits per heavy atom. The van der Waals surface area contributed by atoms with Gasteiger partial charge in [-0.05, 0) is 26.3 Å². The number of fused-ring (bicyclic) bond motifs is 1. The van der Waals surface area contributed by atoms with Crippen molar-refractivity contribution in [2.24, 2.45) is 10.9 Å². The van der Waals surface area contributed by atoms with Crippen LogP contribution in [-0.4, -0.2) is 63.5 Å². The Balaban J connectivity index is 0.00000261. The zero-order chi connectivity index (χ0) is 18.6. The van der Waals surface area contributed by atoms with E-state index in [0.29, 0.717) is 19.1 Å². The standard InChI is InChI=1S/C20H31N3O3.HI/c1-20(2)12-16-6-5-7-17(18(16)26-20)25-11-9-22-19(21-3)23-10-8-15(13-23)14-24-4;/h5-7,15H,8-14H2,1-4H3,(H,21,22);1H. The van der Waals surface area contributed by atoms with Gasteiger partial charge in [0.05, 0.1) is 13.2 Å². The average Bonchev–Trinajstić information content (AvgIpc) is 3.18. The molecule has 2 aliphatic heterocycles. The predicted molar refractivity (Wildman–Crippen MR) is 119 cm³/mol. The van der Waals surface area contributed by atoms with Crippen molar-refractivity contribution in [2.45, 2.75) is 32.3 Å². The van der Waals surface area contributed by atoms with E-state index in [9.17, 15) is 0 Å². The minimum atomic E-state index is -0.156. The van der Waals surface area contributed by atoms with Gasteiger partial charge in [0.15, 0.2) is 17.5 Å². The summed E-state index contributed by atoms with van der Waals surface area (Å²) < 4.78 is 17.3. The SMILES string of the molecule is CN=C(NCCOc1cccc2c1OC(C)(C)C2)N1CCC(COC)C1.I. The maximum atomic E-state index is 6.05. The molecule has 27 heavy (non-hydrogen) atoms. The lowest BCUT2D eigenvalue weighted by Crippen LogP contribution is -2.41. The number of benzene rings is 1. The van der Waals surface area contributed by atoms with Gasteiger partial charge in [0.2, 0.25) is 0 Å². The molecule has 1 fully saturated rings. The lowest BCUT2D eigenvalue weighted by molar-refractivity contribution is 0.132. The van der Waals surface area contributed by atoms with Crippen molar-refractivity contribution in [1.82, 2.24) is 10.2 Å². The first-order valence-electron chi connectivity index (χ1n) is 9.40. The summed E-state index contributed by atoms with van der Waals surface area (Å²) in [5, 5.41) is 3.40. The maximum absolute atomic E-state index is 6.05.